The SMILES string of the molecule is CC(C)CNC(=O)CNC(C)C(C)CO. The summed E-state index contributed by atoms with van der Waals surface area (Å²) in [6.45, 7) is 9.21. The number of carbonyl (C=O) groups is 1. The molecular formula is C11H24N2O2. The summed E-state index contributed by atoms with van der Waals surface area (Å²) in [4.78, 5) is 11.3. The number of aliphatic hydroxyl groups excluding tert-OH is 1. The smallest absolute Gasteiger partial charge is 0.233 e. The van der Waals surface area contributed by atoms with E-state index in [1.807, 2.05) is 13.8 Å². The molecule has 4 nitrogen and oxygen atoms in total. The molecule has 2 atom stereocenters. The topological polar surface area (TPSA) is 61.4 Å². The van der Waals surface area contributed by atoms with Gasteiger partial charge < -0.3 is 15.7 Å². The number of rotatable bonds is 7. The Kier molecular flexibility index (Phi) is 7.34. The second-order valence-corrected chi connectivity index (χ2v) is 4.53. The molecule has 0 aliphatic heterocycles. The van der Waals surface area contributed by atoms with Gasteiger partial charge in [0.25, 0.3) is 0 Å². The van der Waals surface area contributed by atoms with Crippen LogP contribution in [0.3, 0.4) is 0 Å². The molecule has 0 aromatic carbocycles. The summed E-state index contributed by atoms with van der Waals surface area (Å²) in [5, 5.41) is 14.8. The molecule has 0 aromatic rings. The minimum atomic E-state index is 0.0145. The van der Waals surface area contributed by atoms with Crippen LogP contribution in [0.25, 0.3) is 0 Å². The van der Waals surface area contributed by atoms with E-state index in [4.69, 9.17) is 5.11 Å². The first-order valence-corrected chi connectivity index (χ1v) is 5.58. The molecule has 90 valence electrons. The zero-order chi connectivity index (χ0) is 11.8. The van der Waals surface area contributed by atoms with Gasteiger partial charge in [-0.1, -0.05) is 20.8 Å². The van der Waals surface area contributed by atoms with E-state index in [-0.39, 0.29) is 24.5 Å². The van der Waals surface area contributed by atoms with E-state index < -0.39 is 0 Å². The Bertz CT molecular complexity index is 183. The first kappa shape index (κ1) is 14.4. The third kappa shape index (κ3) is 7.33. The van der Waals surface area contributed by atoms with Gasteiger partial charge in [-0.3, -0.25) is 4.79 Å². The van der Waals surface area contributed by atoms with Crippen LogP contribution in [-0.4, -0.2) is 36.8 Å². The molecule has 0 aliphatic rings. The van der Waals surface area contributed by atoms with Gasteiger partial charge in [0.2, 0.25) is 5.91 Å². The molecule has 0 bridgehead atoms. The van der Waals surface area contributed by atoms with E-state index in [0.29, 0.717) is 19.0 Å². The molecule has 0 fully saturated rings. The van der Waals surface area contributed by atoms with Crippen LogP contribution in [-0.2, 0) is 4.79 Å². The Balaban J connectivity index is 3.62. The van der Waals surface area contributed by atoms with E-state index in [1.165, 1.54) is 0 Å². The number of hydrogen-bond donors (Lipinski definition) is 3. The molecular weight excluding hydrogens is 192 g/mol. The standard InChI is InChI=1S/C11H24N2O2/c1-8(2)5-13-11(15)6-12-10(4)9(3)7-14/h8-10,12,14H,5-7H2,1-4H3,(H,13,15). The van der Waals surface area contributed by atoms with Crippen LogP contribution < -0.4 is 10.6 Å². The predicted molar refractivity (Wildman–Crippen MR) is 61.6 cm³/mol. The lowest BCUT2D eigenvalue weighted by molar-refractivity contribution is -0.120. The molecule has 0 aromatic heterocycles. The molecule has 0 saturated heterocycles. The highest BCUT2D eigenvalue weighted by Crippen LogP contribution is 1.99. The van der Waals surface area contributed by atoms with Gasteiger partial charge in [0, 0.05) is 19.2 Å². The fourth-order valence-corrected chi connectivity index (χ4v) is 0.993. The number of carbonyl (C=O) groups excluding carboxylic acids is 1. The van der Waals surface area contributed by atoms with Crippen molar-refractivity contribution in [1.82, 2.24) is 10.6 Å². The quantitative estimate of drug-likeness (QED) is 0.576. The van der Waals surface area contributed by atoms with E-state index in [0.717, 1.165) is 0 Å². The second kappa shape index (κ2) is 7.65. The lowest BCUT2D eigenvalue weighted by Gasteiger charge is -2.19. The van der Waals surface area contributed by atoms with Crippen LogP contribution >= 0.6 is 0 Å². The Morgan fingerprint density at radius 2 is 1.87 bits per heavy atom. The maximum atomic E-state index is 11.3. The third-order valence-corrected chi connectivity index (χ3v) is 2.43. The highest BCUT2D eigenvalue weighted by atomic mass is 16.3. The first-order chi connectivity index (χ1) is 6.97. The van der Waals surface area contributed by atoms with Crippen molar-refractivity contribution in [2.24, 2.45) is 11.8 Å². The lowest BCUT2D eigenvalue weighted by Crippen LogP contribution is -2.42. The molecule has 1 amide bonds. The third-order valence-electron chi connectivity index (χ3n) is 2.43. The zero-order valence-electron chi connectivity index (χ0n) is 10.2. The van der Waals surface area contributed by atoms with Crippen molar-refractivity contribution in [2.45, 2.75) is 33.7 Å². The van der Waals surface area contributed by atoms with Crippen LogP contribution in [0.4, 0.5) is 0 Å². The maximum absolute atomic E-state index is 11.3. The van der Waals surface area contributed by atoms with Gasteiger partial charge >= 0.3 is 0 Å². The number of aliphatic hydroxyl groups is 1. The summed E-state index contributed by atoms with van der Waals surface area (Å²) in [6, 6.07) is 0.153. The molecule has 0 heterocycles. The predicted octanol–water partition coefficient (Wildman–Crippen LogP) is 0.365. The normalized spacial score (nSPS) is 15.1. The van der Waals surface area contributed by atoms with Crippen LogP contribution in [0.2, 0.25) is 0 Å². The summed E-state index contributed by atoms with van der Waals surface area (Å²) < 4.78 is 0. The first-order valence-electron chi connectivity index (χ1n) is 5.58. The number of amides is 1. The molecule has 0 rings (SSSR count). The van der Waals surface area contributed by atoms with Gasteiger partial charge in [-0.15, -0.1) is 0 Å². The van der Waals surface area contributed by atoms with Crippen molar-refractivity contribution in [1.29, 1.82) is 0 Å². The Hall–Kier alpha value is -0.610. The molecule has 0 radical (unpaired) electrons. The van der Waals surface area contributed by atoms with Gasteiger partial charge in [0.1, 0.15) is 0 Å². The zero-order valence-corrected chi connectivity index (χ0v) is 10.2. The molecule has 3 N–H and O–H groups in total. The fraction of sp³-hybridized carbons (Fsp3) is 0.909. The van der Waals surface area contributed by atoms with Crippen LogP contribution in [0.15, 0.2) is 0 Å². The maximum Gasteiger partial charge on any atom is 0.233 e. The summed E-state index contributed by atoms with van der Waals surface area (Å²) in [5.74, 6) is 0.659. The highest BCUT2D eigenvalue weighted by Gasteiger charge is 2.11. The lowest BCUT2D eigenvalue weighted by atomic mass is 10.1. The Morgan fingerprint density at radius 1 is 1.27 bits per heavy atom. The van der Waals surface area contributed by atoms with Gasteiger partial charge in [-0.2, -0.15) is 0 Å². The number of hydrogen-bond acceptors (Lipinski definition) is 3. The summed E-state index contributed by atoms with van der Waals surface area (Å²) in [6.07, 6.45) is 0. The molecule has 0 aliphatic carbocycles. The number of nitrogens with one attached hydrogen (secondary N) is 2. The van der Waals surface area contributed by atoms with E-state index in [9.17, 15) is 4.79 Å². The highest BCUT2D eigenvalue weighted by molar-refractivity contribution is 5.77. The van der Waals surface area contributed by atoms with Crippen molar-refractivity contribution >= 4 is 5.91 Å². The van der Waals surface area contributed by atoms with Crippen molar-refractivity contribution in [3.05, 3.63) is 0 Å². The minimum Gasteiger partial charge on any atom is -0.396 e. The fourth-order valence-electron chi connectivity index (χ4n) is 0.993. The van der Waals surface area contributed by atoms with Gasteiger partial charge in [0.15, 0.2) is 0 Å². The molecule has 0 spiro atoms. The Morgan fingerprint density at radius 3 is 2.33 bits per heavy atom. The molecule has 2 unspecified atom stereocenters. The van der Waals surface area contributed by atoms with Crippen molar-refractivity contribution in [2.75, 3.05) is 19.7 Å². The average molecular weight is 216 g/mol. The average Bonchev–Trinajstić information content (AvgIpc) is 2.21. The Labute approximate surface area is 92.4 Å². The van der Waals surface area contributed by atoms with Crippen molar-refractivity contribution < 1.29 is 9.90 Å². The second-order valence-electron chi connectivity index (χ2n) is 4.53. The van der Waals surface area contributed by atoms with E-state index in [2.05, 4.69) is 24.5 Å². The summed E-state index contributed by atoms with van der Waals surface area (Å²) in [5.41, 5.74) is 0. The van der Waals surface area contributed by atoms with Crippen LogP contribution in [0, 0.1) is 11.8 Å². The van der Waals surface area contributed by atoms with Crippen molar-refractivity contribution in [3.8, 4) is 0 Å². The largest absolute Gasteiger partial charge is 0.396 e. The minimum absolute atomic E-state index is 0.0145. The van der Waals surface area contributed by atoms with Gasteiger partial charge in [-0.25, -0.2) is 0 Å². The van der Waals surface area contributed by atoms with Crippen LogP contribution in [0.5, 0.6) is 0 Å². The van der Waals surface area contributed by atoms with E-state index >= 15 is 0 Å². The van der Waals surface area contributed by atoms with Gasteiger partial charge in [-0.05, 0) is 18.8 Å². The molecule has 15 heavy (non-hydrogen) atoms. The van der Waals surface area contributed by atoms with E-state index in [1.54, 1.807) is 0 Å². The van der Waals surface area contributed by atoms with Crippen molar-refractivity contribution in [3.63, 3.8) is 0 Å². The molecule has 4 heteroatoms. The van der Waals surface area contributed by atoms with Gasteiger partial charge in [0.05, 0.1) is 6.54 Å². The summed E-state index contributed by atoms with van der Waals surface area (Å²) >= 11 is 0. The summed E-state index contributed by atoms with van der Waals surface area (Å²) in [7, 11) is 0. The van der Waals surface area contributed by atoms with Crippen LogP contribution in [0.1, 0.15) is 27.7 Å². The molecule has 0 saturated carbocycles. The monoisotopic (exact) mass is 216 g/mol.